The van der Waals surface area contributed by atoms with E-state index in [1.807, 2.05) is 24.3 Å². The highest BCUT2D eigenvalue weighted by Gasteiger charge is 2.44. The van der Waals surface area contributed by atoms with E-state index in [0.29, 0.717) is 16.9 Å². The second-order valence-electron chi connectivity index (χ2n) is 8.31. The van der Waals surface area contributed by atoms with Crippen molar-refractivity contribution in [3.63, 3.8) is 0 Å². The van der Waals surface area contributed by atoms with Crippen LogP contribution in [-0.4, -0.2) is 24.5 Å². The van der Waals surface area contributed by atoms with E-state index in [1.54, 1.807) is 0 Å². The summed E-state index contributed by atoms with van der Waals surface area (Å²) in [5.74, 6) is 0.577. The van der Waals surface area contributed by atoms with E-state index >= 15 is 0 Å². The second kappa shape index (κ2) is 8.64. The first-order valence-electron chi connectivity index (χ1n) is 10.1. The smallest absolute Gasteiger partial charge is 0.317 e. The van der Waals surface area contributed by atoms with Crippen molar-refractivity contribution in [1.82, 2.24) is 5.32 Å². The molecule has 2 aliphatic carbocycles. The molecule has 3 atom stereocenters. The van der Waals surface area contributed by atoms with Crippen LogP contribution in [0.15, 0.2) is 24.3 Å². The summed E-state index contributed by atoms with van der Waals surface area (Å²) in [4.78, 5) is 25.3. The van der Waals surface area contributed by atoms with Gasteiger partial charge < -0.3 is 10.1 Å². The summed E-state index contributed by atoms with van der Waals surface area (Å²) in [5, 5.41) is 3.72. The Bertz CT molecular complexity index is 667. The molecule has 0 heterocycles. The fourth-order valence-electron chi connectivity index (χ4n) is 4.66. The summed E-state index contributed by atoms with van der Waals surface area (Å²) >= 11 is 5.99. The fraction of sp³-hybridized carbons (Fsp3) is 0.636. The number of esters is 1. The highest BCUT2D eigenvalue weighted by atomic mass is 35.5. The van der Waals surface area contributed by atoms with Crippen molar-refractivity contribution in [2.45, 2.75) is 70.3 Å². The number of hydrogen-bond donors (Lipinski definition) is 1. The monoisotopic (exact) mass is 391 g/mol. The number of carbonyl (C=O) groups is 2. The predicted octanol–water partition coefficient (Wildman–Crippen LogP) is 4.64. The molecule has 0 spiro atoms. The van der Waals surface area contributed by atoms with Gasteiger partial charge in [0.05, 0.1) is 5.41 Å². The van der Waals surface area contributed by atoms with Gasteiger partial charge >= 0.3 is 5.97 Å². The Labute approximate surface area is 167 Å². The summed E-state index contributed by atoms with van der Waals surface area (Å²) in [6.45, 7) is 4.22. The Hall–Kier alpha value is -1.55. The van der Waals surface area contributed by atoms with Gasteiger partial charge in [0.2, 0.25) is 0 Å². The molecule has 4 nitrogen and oxygen atoms in total. The highest BCUT2D eigenvalue weighted by Crippen LogP contribution is 2.42. The average Bonchev–Trinajstić information content (AvgIpc) is 3.15. The SMILES string of the molecule is C[C@H]1[C@H](C)CCC[C@H]1NC(=O)COC(=O)C1(c2ccc(Cl)cc2)CCCC1. The standard InChI is InChI=1S/C22H30ClNO3/c1-15-6-5-7-19(16(15)2)24-20(25)14-27-21(26)22(12-3-4-13-22)17-8-10-18(23)11-9-17/h8-11,15-16,19H,3-7,12-14H2,1-2H3,(H,24,25)/t15-,16+,19-/m1/s1. The van der Waals surface area contributed by atoms with Crippen molar-refractivity contribution in [3.8, 4) is 0 Å². The first-order chi connectivity index (χ1) is 12.9. The molecule has 1 amide bonds. The zero-order valence-corrected chi connectivity index (χ0v) is 17.1. The van der Waals surface area contributed by atoms with Crippen LogP contribution in [-0.2, 0) is 19.7 Å². The number of nitrogens with one attached hydrogen (secondary N) is 1. The summed E-state index contributed by atoms with van der Waals surface area (Å²) in [5.41, 5.74) is 0.293. The topological polar surface area (TPSA) is 55.4 Å². The number of amides is 1. The van der Waals surface area contributed by atoms with Crippen molar-refractivity contribution in [3.05, 3.63) is 34.9 Å². The van der Waals surface area contributed by atoms with E-state index in [9.17, 15) is 9.59 Å². The lowest BCUT2D eigenvalue weighted by Crippen LogP contribution is -2.46. The first kappa shape index (κ1) is 20.2. The van der Waals surface area contributed by atoms with Gasteiger partial charge in [-0.05, 0) is 48.8 Å². The van der Waals surface area contributed by atoms with Crippen molar-refractivity contribution in [2.75, 3.05) is 6.61 Å². The van der Waals surface area contributed by atoms with Gasteiger partial charge in [0.15, 0.2) is 6.61 Å². The average molecular weight is 392 g/mol. The van der Waals surface area contributed by atoms with Crippen LogP contribution in [0.2, 0.25) is 5.02 Å². The summed E-state index contributed by atoms with van der Waals surface area (Å²) in [7, 11) is 0. The van der Waals surface area contributed by atoms with Crippen LogP contribution < -0.4 is 5.32 Å². The largest absolute Gasteiger partial charge is 0.455 e. The number of hydrogen-bond acceptors (Lipinski definition) is 3. The van der Waals surface area contributed by atoms with E-state index in [4.69, 9.17) is 16.3 Å². The van der Waals surface area contributed by atoms with Crippen LogP contribution in [0.5, 0.6) is 0 Å². The van der Waals surface area contributed by atoms with E-state index in [-0.39, 0.29) is 24.5 Å². The zero-order chi connectivity index (χ0) is 19.4. The lowest BCUT2D eigenvalue weighted by Gasteiger charge is -2.34. The summed E-state index contributed by atoms with van der Waals surface area (Å²) in [6, 6.07) is 7.60. The van der Waals surface area contributed by atoms with Gasteiger partial charge in [0, 0.05) is 11.1 Å². The van der Waals surface area contributed by atoms with Gasteiger partial charge in [0.25, 0.3) is 5.91 Å². The number of ether oxygens (including phenoxy) is 1. The van der Waals surface area contributed by atoms with E-state index in [0.717, 1.165) is 44.1 Å². The maximum absolute atomic E-state index is 12.9. The third-order valence-corrected chi connectivity index (χ3v) is 6.88. The quantitative estimate of drug-likeness (QED) is 0.744. The molecule has 2 saturated carbocycles. The molecule has 0 aliphatic heterocycles. The maximum atomic E-state index is 12.9. The molecule has 0 saturated heterocycles. The fourth-order valence-corrected chi connectivity index (χ4v) is 4.79. The molecule has 27 heavy (non-hydrogen) atoms. The minimum Gasteiger partial charge on any atom is -0.455 e. The number of rotatable bonds is 5. The van der Waals surface area contributed by atoms with Crippen LogP contribution in [0.3, 0.4) is 0 Å². The van der Waals surface area contributed by atoms with Crippen LogP contribution in [0.25, 0.3) is 0 Å². The lowest BCUT2D eigenvalue weighted by molar-refractivity contribution is -0.154. The molecule has 0 unspecified atom stereocenters. The zero-order valence-electron chi connectivity index (χ0n) is 16.3. The molecule has 0 radical (unpaired) electrons. The third kappa shape index (κ3) is 4.48. The molecule has 5 heteroatoms. The van der Waals surface area contributed by atoms with Gasteiger partial charge in [-0.2, -0.15) is 0 Å². The van der Waals surface area contributed by atoms with Crippen molar-refractivity contribution >= 4 is 23.5 Å². The lowest BCUT2D eigenvalue weighted by atomic mass is 9.78. The number of benzene rings is 1. The summed E-state index contributed by atoms with van der Waals surface area (Å²) in [6.07, 6.45) is 6.84. The summed E-state index contributed by atoms with van der Waals surface area (Å²) < 4.78 is 5.50. The van der Waals surface area contributed by atoms with E-state index in [2.05, 4.69) is 19.2 Å². The Morgan fingerprint density at radius 1 is 1.11 bits per heavy atom. The number of halogens is 1. The molecular formula is C22H30ClNO3. The Kier molecular flexibility index (Phi) is 6.46. The van der Waals surface area contributed by atoms with Gasteiger partial charge in [-0.15, -0.1) is 0 Å². The van der Waals surface area contributed by atoms with E-state index in [1.165, 1.54) is 6.42 Å². The third-order valence-electron chi connectivity index (χ3n) is 6.63. The van der Waals surface area contributed by atoms with Gasteiger partial charge in [-0.3, -0.25) is 9.59 Å². The molecule has 3 rings (SSSR count). The Morgan fingerprint density at radius 3 is 2.44 bits per heavy atom. The first-order valence-corrected chi connectivity index (χ1v) is 10.5. The van der Waals surface area contributed by atoms with E-state index < -0.39 is 5.41 Å². The van der Waals surface area contributed by atoms with Gasteiger partial charge in [-0.25, -0.2) is 0 Å². The normalized spacial score (nSPS) is 27.1. The highest BCUT2D eigenvalue weighted by molar-refractivity contribution is 6.30. The van der Waals surface area contributed by atoms with Crippen LogP contribution in [0.1, 0.15) is 64.4 Å². The van der Waals surface area contributed by atoms with Crippen LogP contribution in [0.4, 0.5) is 0 Å². The minimum absolute atomic E-state index is 0.177. The van der Waals surface area contributed by atoms with Crippen LogP contribution >= 0.6 is 11.6 Å². The molecule has 0 bridgehead atoms. The van der Waals surface area contributed by atoms with Gasteiger partial charge in [0.1, 0.15) is 0 Å². The molecule has 0 aromatic heterocycles. The second-order valence-corrected chi connectivity index (χ2v) is 8.75. The van der Waals surface area contributed by atoms with Crippen molar-refractivity contribution in [1.29, 1.82) is 0 Å². The predicted molar refractivity (Wildman–Crippen MR) is 107 cm³/mol. The molecule has 1 N–H and O–H groups in total. The van der Waals surface area contributed by atoms with Crippen molar-refractivity contribution < 1.29 is 14.3 Å². The Balaban J connectivity index is 1.60. The molecule has 2 fully saturated rings. The van der Waals surface area contributed by atoms with Crippen molar-refractivity contribution in [2.24, 2.45) is 11.8 Å². The molecule has 1 aromatic carbocycles. The molecule has 1 aromatic rings. The molecular weight excluding hydrogens is 362 g/mol. The minimum atomic E-state index is -0.641. The van der Waals surface area contributed by atoms with Crippen LogP contribution in [0, 0.1) is 11.8 Å². The molecule has 2 aliphatic rings. The number of carbonyl (C=O) groups excluding carboxylic acids is 2. The maximum Gasteiger partial charge on any atom is 0.317 e. The molecule has 148 valence electrons. The Morgan fingerprint density at radius 2 is 1.78 bits per heavy atom. The van der Waals surface area contributed by atoms with Gasteiger partial charge in [-0.1, -0.05) is 63.3 Å².